The molecule has 0 atom stereocenters. The lowest BCUT2D eigenvalue weighted by Gasteiger charge is -2.30. The predicted molar refractivity (Wildman–Crippen MR) is 128 cm³/mol. The van der Waals surface area contributed by atoms with Crippen molar-refractivity contribution in [2.75, 3.05) is 51.3 Å². The molecule has 1 N–H and O–H groups in total. The number of ether oxygens (including phenoxy) is 2. The van der Waals surface area contributed by atoms with Gasteiger partial charge in [0.05, 0.1) is 30.5 Å². The van der Waals surface area contributed by atoms with Crippen molar-refractivity contribution in [3.63, 3.8) is 0 Å². The summed E-state index contributed by atoms with van der Waals surface area (Å²) in [6, 6.07) is 15.8. The second kappa shape index (κ2) is 12.1. The van der Waals surface area contributed by atoms with Gasteiger partial charge in [-0.05, 0) is 43.8 Å². The molecule has 2 aromatic carbocycles. The molecule has 30 heavy (non-hydrogen) atoms. The lowest BCUT2D eigenvalue weighted by Crippen LogP contribution is -2.40. The third kappa shape index (κ3) is 6.84. The van der Waals surface area contributed by atoms with Gasteiger partial charge >= 0.3 is 0 Å². The molecule has 0 radical (unpaired) electrons. The molecule has 0 unspecified atom stereocenters. The standard InChI is InChI=1S/C23H30ClN3O2S/c1-2-29-22-11-6-3-8-19(22)18-27(13-7-12-26-14-16-28-17-15-26)23(30)25-21-10-5-4-9-20(21)24/h3-6,8-11H,2,7,12-18H2,1H3,(H,25,30). The quantitative estimate of drug-likeness (QED) is 0.563. The van der Waals surface area contributed by atoms with Crippen molar-refractivity contribution in [2.24, 2.45) is 0 Å². The third-order valence-corrected chi connectivity index (χ3v) is 5.73. The van der Waals surface area contributed by atoms with Crippen molar-refractivity contribution < 1.29 is 9.47 Å². The number of hydrogen-bond acceptors (Lipinski definition) is 4. The molecule has 3 rings (SSSR count). The summed E-state index contributed by atoms with van der Waals surface area (Å²) >= 11 is 12.1. The summed E-state index contributed by atoms with van der Waals surface area (Å²) in [5.41, 5.74) is 1.94. The molecule has 0 bridgehead atoms. The van der Waals surface area contributed by atoms with E-state index in [0.29, 0.717) is 23.3 Å². The molecule has 0 spiro atoms. The monoisotopic (exact) mass is 447 g/mol. The molecule has 1 saturated heterocycles. The number of rotatable bonds is 9. The van der Waals surface area contributed by atoms with Gasteiger partial charge in [0.2, 0.25) is 0 Å². The van der Waals surface area contributed by atoms with Crippen LogP contribution in [0.25, 0.3) is 0 Å². The van der Waals surface area contributed by atoms with Crippen LogP contribution in [0.1, 0.15) is 18.9 Å². The van der Waals surface area contributed by atoms with Crippen molar-refractivity contribution in [2.45, 2.75) is 19.9 Å². The Morgan fingerprint density at radius 1 is 1.17 bits per heavy atom. The Balaban J connectivity index is 1.68. The van der Waals surface area contributed by atoms with E-state index >= 15 is 0 Å². The average Bonchev–Trinajstić information content (AvgIpc) is 2.77. The van der Waals surface area contributed by atoms with Crippen LogP contribution in [0.2, 0.25) is 5.02 Å². The van der Waals surface area contributed by atoms with Gasteiger partial charge in [-0.1, -0.05) is 41.9 Å². The lowest BCUT2D eigenvalue weighted by molar-refractivity contribution is 0.0367. The van der Waals surface area contributed by atoms with Crippen LogP contribution in [-0.4, -0.2) is 60.9 Å². The van der Waals surface area contributed by atoms with E-state index in [1.807, 2.05) is 49.4 Å². The smallest absolute Gasteiger partial charge is 0.173 e. The van der Waals surface area contributed by atoms with E-state index in [-0.39, 0.29) is 0 Å². The largest absolute Gasteiger partial charge is 0.494 e. The molecule has 0 saturated carbocycles. The third-order valence-electron chi connectivity index (χ3n) is 5.04. The molecular formula is C23H30ClN3O2S. The first kappa shape index (κ1) is 22.8. The Morgan fingerprint density at radius 3 is 2.67 bits per heavy atom. The number of morpholine rings is 1. The highest BCUT2D eigenvalue weighted by atomic mass is 35.5. The van der Waals surface area contributed by atoms with Gasteiger partial charge in [0.25, 0.3) is 0 Å². The van der Waals surface area contributed by atoms with Gasteiger partial charge in [0, 0.05) is 38.3 Å². The van der Waals surface area contributed by atoms with E-state index in [0.717, 1.165) is 62.8 Å². The zero-order valence-corrected chi connectivity index (χ0v) is 19.1. The van der Waals surface area contributed by atoms with Gasteiger partial charge in [-0.2, -0.15) is 0 Å². The first-order chi connectivity index (χ1) is 14.7. The molecule has 1 heterocycles. The summed E-state index contributed by atoms with van der Waals surface area (Å²) in [5.74, 6) is 0.902. The Kier molecular flexibility index (Phi) is 9.21. The molecule has 1 fully saturated rings. The molecule has 1 aliphatic heterocycles. The van der Waals surface area contributed by atoms with Crippen molar-refractivity contribution in [1.82, 2.24) is 9.80 Å². The average molecular weight is 448 g/mol. The minimum atomic E-state index is 0.635. The summed E-state index contributed by atoms with van der Waals surface area (Å²) < 4.78 is 11.3. The van der Waals surface area contributed by atoms with Crippen LogP contribution in [0.5, 0.6) is 5.75 Å². The summed E-state index contributed by atoms with van der Waals surface area (Å²) in [6.45, 7) is 8.81. The van der Waals surface area contributed by atoms with Crippen molar-refractivity contribution >= 4 is 34.6 Å². The molecule has 1 aliphatic rings. The molecule has 0 aliphatic carbocycles. The van der Waals surface area contributed by atoms with Crippen LogP contribution in [0, 0.1) is 0 Å². The van der Waals surface area contributed by atoms with Crippen LogP contribution < -0.4 is 10.1 Å². The molecule has 162 valence electrons. The Labute approximate surface area is 189 Å². The number of nitrogens with one attached hydrogen (secondary N) is 1. The van der Waals surface area contributed by atoms with Gasteiger partial charge < -0.3 is 19.7 Å². The molecule has 2 aromatic rings. The second-order valence-electron chi connectivity index (χ2n) is 7.18. The maximum absolute atomic E-state index is 6.33. The minimum Gasteiger partial charge on any atom is -0.494 e. The Bertz CT molecular complexity index is 815. The molecule has 7 heteroatoms. The van der Waals surface area contributed by atoms with Gasteiger partial charge in [0.1, 0.15) is 5.75 Å². The highest BCUT2D eigenvalue weighted by Crippen LogP contribution is 2.23. The van der Waals surface area contributed by atoms with Crippen LogP contribution in [0.4, 0.5) is 5.69 Å². The predicted octanol–water partition coefficient (Wildman–Crippen LogP) is 4.66. The van der Waals surface area contributed by atoms with Gasteiger partial charge in [-0.3, -0.25) is 4.90 Å². The van der Waals surface area contributed by atoms with Gasteiger partial charge in [-0.25, -0.2) is 0 Å². The van der Waals surface area contributed by atoms with E-state index in [1.165, 1.54) is 0 Å². The molecule has 0 amide bonds. The number of benzene rings is 2. The topological polar surface area (TPSA) is 37.0 Å². The van der Waals surface area contributed by atoms with Crippen LogP contribution in [0.15, 0.2) is 48.5 Å². The Hall–Kier alpha value is -1.86. The molecular weight excluding hydrogens is 418 g/mol. The fourth-order valence-electron chi connectivity index (χ4n) is 3.46. The van der Waals surface area contributed by atoms with Crippen molar-refractivity contribution in [3.05, 3.63) is 59.1 Å². The van der Waals surface area contributed by atoms with E-state index in [2.05, 4.69) is 21.2 Å². The number of hydrogen-bond donors (Lipinski definition) is 1. The zero-order chi connectivity index (χ0) is 21.2. The zero-order valence-electron chi connectivity index (χ0n) is 17.5. The van der Waals surface area contributed by atoms with Gasteiger partial charge in [-0.15, -0.1) is 0 Å². The second-order valence-corrected chi connectivity index (χ2v) is 7.97. The number of halogens is 1. The lowest BCUT2D eigenvalue weighted by atomic mass is 10.2. The number of anilines is 1. The van der Waals surface area contributed by atoms with E-state index in [9.17, 15) is 0 Å². The molecule has 5 nitrogen and oxygen atoms in total. The summed E-state index contributed by atoms with van der Waals surface area (Å²) in [4.78, 5) is 4.64. The number of nitrogens with zero attached hydrogens (tertiary/aromatic N) is 2. The van der Waals surface area contributed by atoms with Crippen molar-refractivity contribution in [1.29, 1.82) is 0 Å². The van der Waals surface area contributed by atoms with Crippen molar-refractivity contribution in [3.8, 4) is 5.75 Å². The first-order valence-corrected chi connectivity index (χ1v) is 11.3. The van der Waals surface area contributed by atoms with E-state index < -0.39 is 0 Å². The summed E-state index contributed by atoms with van der Waals surface area (Å²) in [5, 5.41) is 4.64. The highest BCUT2D eigenvalue weighted by Gasteiger charge is 2.16. The van der Waals surface area contributed by atoms with E-state index in [4.69, 9.17) is 33.3 Å². The Morgan fingerprint density at radius 2 is 1.90 bits per heavy atom. The first-order valence-electron chi connectivity index (χ1n) is 10.5. The maximum atomic E-state index is 6.33. The van der Waals surface area contributed by atoms with Crippen LogP contribution in [-0.2, 0) is 11.3 Å². The minimum absolute atomic E-state index is 0.635. The van der Waals surface area contributed by atoms with Crippen LogP contribution in [0.3, 0.4) is 0 Å². The summed E-state index contributed by atoms with van der Waals surface area (Å²) in [6.07, 6.45) is 1.02. The fraction of sp³-hybridized carbons (Fsp3) is 0.435. The SMILES string of the molecule is CCOc1ccccc1CN(CCCN1CCOCC1)C(=S)Nc1ccccc1Cl. The van der Waals surface area contributed by atoms with E-state index in [1.54, 1.807) is 0 Å². The normalized spacial score (nSPS) is 14.3. The van der Waals surface area contributed by atoms with Crippen LogP contribution >= 0.6 is 23.8 Å². The highest BCUT2D eigenvalue weighted by molar-refractivity contribution is 7.80. The summed E-state index contributed by atoms with van der Waals surface area (Å²) in [7, 11) is 0. The number of para-hydroxylation sites is 2. The maximum Gasteiger partial charge on any atom is 0.173 e. The fourth-order valence-corrected chi connectivity index (χ4v) is 3.90. The molecule has 0 aromatic heterocycles. The number of thiocarbonyl (C=S) groups is 1. The van der Waals surface area contributed by atoms with Gasteiger partial charge in [0.15, 0.2) is 5.11 Å².